The number of carbonyl (C=O) groups excluding carboxylic acids is 3. The van der Waals surface area contributed by atoms with E-state index in [0.717, 1.165) is 30.0 Å². The molecular weight excluding hydrogens is 685 g/mol. The highest BCUT2D eigenvalue weighted by Gasteiger charge is 2.29. The average molecular weight is 746 g/mol. The van der Waals surface area contributed by atoms with Crippen LogP contribution in [0.5, 0.6) is 0 Å². The van der Waals surface area contributed by atoms with Gasteiger partial charge >= 0.3 is 12.2 Å². The van der Waals surface area contributed by atoms with Crippen LogP contribution < -0.4 is 33.9 Å². The van der Waals surface area contributed by atoms with Crippen molar-refractivity contribution in [2.45, 2.75) is 155 Å². The van der Waals surface area contributed by atoms with Gasteiger partial charge in [0.2, 0.25) is 11.6 Å². The fourth-order valence-electron chi connectivity index (χ4n) is 5.60. The molecular formula is C35H60IN3O6. The van der Waals surface area contributed by atoms with Crippen molar-refractivity contribution >= 4 is 18.1 Å². The first-order valence-electron chi connectivity index (χ1n) is 17.4. The number of amides is 3. The summed E-state index contributed by atoms with van der Waals surface area (Å²) in [5.41, 5.74) is 0.842. The Balaban J connectivity index is 0.0000101. The molecule has 0 saturated carbocycles. The summed E-state index contributed by atoms with van der Waals surface area (Å²) in [6.45, 7) is 7.33. The number of nitrogens with zero attached hydrogens (tertiary/aromatic N) is 2. The summed E-state index contributed by atoms with van der Waals surface area (Å²) in [4.78, 5) is 38.0. The van der Waals surface area contributed by atoms with Gasteiger partial charge in [0, 0.05) is 25.6 Å². The van der Waals surface area contributed by atoms with Crippen LogP contribution in [0.4, 0.5) is 9.59 Å². The van der Waals surface area contributed by atoms with Gasteiger partial charge < -0.3 is 43.5 Å². The predicted octanol–water partition coefficient (Wildman–Crippen LogP) is 4.63. The van der Waals surface area contributed by atoms with Crippen molar-refractivity contribution in [1.29, 1.82) is 0 Å². The molecule has 0 bridgehead atoms. The lowest BCUT2D eigenvalue weighted by molar-refractivity contribution is -0.701. The van der Waals surface area contributed by atoms with Gasteiger partial charge in [0.25, 0.3) is 0 Å². The van der Waals surface area contributed by atoms with Gasteiger partial charge in [-0.2, -0.15) is 0 Å². The Morgan fingerprint density at radius 3 is 1.89 bits per heavy atom. The summed E-state index contributed by atoms with van der Waals surface area (Å²) in [6, 6.07) is 5.67. The van der Waals surface area contributed by atoms with Crippen molar-refractivity contribution in [3.8, 4) is 0 Å². The van der Waals surface area contributed by atoms with Crippen molar-refractivity contribution in [3.05, 3.63) is 30.1 Å². The van der Waals surface area contributed by atoms with Crippen LogP contribution in [0.15, 0.2) is 24.4 Å². The number of rotatable bonds is 23. The second-order valence-corrected chi connectivity index (χ2v) is 12.1. The number of carbonyl (C=O) groups is 3. The minimum atomic E-state index is -0.689. The first kappa shape index (κ1) is 41.1. The van der Waals surface area contributed by atoms with Gasteiger partial charge in [0.15, 0.2) is 6.20 Å². The Kier molecular flexibility index (Phi) is 23.9. The van der Waals surface area contributed by atoms with E-state index in [2.05, 4.69) is 12.2 Å². The molecule has 2 atom stereocenters. The minimum absolute atomic E-state index is 0. The van der Waals surface area contributed by atoms with Gasteiger partial charge in [-0.05, 0) is 26.2 Å². The summed E-state index contributed by atoms with van der Waals surface area (Å²) in [5.74, 6) is -0.379. The number of aromatic nitrogens is 1. The maximum atomic E-state index is 12.7. The number of hydrogen-bond acceptors (Lipinski definition) is 6. The van der Waals surface area contributed by atoms with E-state index in [4.69, 9.17) is 14.2 Å². The molecule has 1 aromatic heterocycles. The van der Waals surface area contributed by atoms with E-state index in [1.54, 1.807) is 0 Å². The Bertz CT molecular complexity index is 950. The summed E-state index contributed by atoms with van der Waals surface area (Å²) in [5, 5.41) is 2.83. The van der Waals surface area contributed by atoms with Crippen LogP contribution in [0.25, 0.3) is 0 Å². The molecule has 258 valence electrons. The van der Waals surface area contributed by atoms with Crippen molar-refractivity contribution in [3.63, 3.8) is 0 Å². The zero-order valence-electron chi connectivity index (χ0n) is 28.2. The highest BCUT2D eigenvalue weighted by molar-refractivity contribution is 5.90. The topological polar surface area (TPSA) is 98.0 Å². The molecule has 0 radical (unpaired) electrons. The van der Waals surface area contributed by atoms with E-state index >= 15 is 0 Å². The van der Waals surface area contributed by atoms with Crippen molar-refractivity contribution in [1.82, 2.24) is 10.2 Å². The fourth-order valence-corrected chi connectivity index (χ4v) is 5.60. The normalized spacial score (nSPS) is 15.7. The number of alkyl carbamates (subject to hydrolysis) is 1. The van der Waals surface area contributed by atoms with Gasteiger partial charge in [0.1, 0.15) is 26.3 Å². The number of imide groups is 1. The number of unbranched alkanes of at least 4 members (excludes halogenated alkanes) is 14. The highest BCUT2D eigenvalue weighted by atomic mass is 127. The largest absolute Gasteiger partial charge is 1.00 e. The highest BCUT2D eigenvalue weighted by Crippen LogP contribution is 2.21. The standard InChI is InChI=1S/C35H59N3O6.HI/c1-4-6-7-8-9-10-11-12-13-14-15-16-17-18-20-25-36-34(40)42-28-32-23-24-33(44-32)29-43-35(41)38(30(3)39)27-31-22-19-21-26-37(31)5-2;/h19,21-22,26,32-33H,4-18,20,23-25,27-29H2,1-3H3;1H. The van der Waals surface area contributed by atoms with Gasteiger partial charge in [-0.25, -0.2) is 19.1 Å². The molecule has 1 aromatic rings. The SMILES string of the molecule is CCCCCCCCCCCCCCCCCNC(=O)OCC1CCC(COC(=O)N(Cc2cccc[n+]2CC)C(C)=O)O1.[I-]. The molecule has 0 aliphatic carbocycles. The maximum absolute atomic E-state index is 12.7. The lowest BCUT2D eigenvalue weighted by Gasteiger charge is -2.19. The Hall–Kier alpha value is -1.95. The molecule has 0 spiro atoms. The monoisotopic (exact) mass is 745 g/mol. The molecule has 1 saturated heterocycles. The maximum Gasteiger partial charge on any atom is 0.417 e. The van der Waals surface area contributed by atoms with Gasteiger partial charge in [-0.3, -0.25) is 4.79 Å². The third kappa shape index (κ3) is 18.7. The van der Waals surface area contributed by atoms with E-state index < -0.39 is 12.2 Å². The third-order valence-corrected chi connectivity index (χ3v) is 8.33. The lowest BCUT2D eigenvalue weighted by atomic mass is 10.0. The molecule has 45 heavy (non-hydrogen) atoms. The molecule has 10 heteroatoms. The van der Waals surface area contributed by atoms with Crippen molar-refractivity contribution in [2.75, 3.05) is 19.8 Å². The molecule has 1 N–H and O–H groups in total. The van der Waals surface area contributed by atoms with Crippen LogP contribution in [0.1, 0.15) is 136 Å². The van der Waals surface area contributed by atoms with E-state index in [9.17, 15) is 14.4 Å². The molecule has 1 aliphatic rings. The van der Waals surface area contributed by atoms with Crippen LogP contribution >= 0.6 is 0 Å². The molecule has 2 rings (SSSR count). The molecule has 3 amide bonds. The fraction of sp³-hybridized carbons (Fsp3) is 0.771. The smallest absolute Gasteiger partial charge is 0.417 e. The van der Waals surface area contributed by atoms with Crippen LogP contribution in [-0.4, -0.2) is 55.0 Å². The summed E-state index contributed by atoms with van der Waals surface area (Å²) in [7, 11) is 0. The van der Waals surface area contributed by atoms with E-state index in [-0.39, 0.29) is 61.9 Å². The van der Waals surface area contributed by atoms with Gasteiger partial charge in [-0.1, -0.05) is 103 Å². The zero-order chi connectivity index (χ0) is 31.8. The Morgan fingerprint density at radius 2 is 1.36 bits per heavy atom. The van der Waals surface area contributed by atoms with Gasteiger partial charge in [-0.15, -0.1) is 0 Å². The zero-order valence-corrected chi connectivity index (χ0v) is 30.4. The number of nitrogens with one attached hydrogen (secondary N) is 1. The summed E-state index contributed by atoms with van der Waals surface area (Å²) in [6.07, 6.45) is 21.4. The molecule has 2 unspecified atom stereocenters. The number of aryl methyl sites for hydroxylation is 1. The van der Waals surface area contributed by atoms with Crippen LogP contribution in [0.3, 0.4) is 0 Å². The first-order chi connectivity index (χ1) is 21.4. The van der Waals surface area contributed by atoms with Crippen LogP contribution in [0.2, 0.25) is 0 Å². The van der Waals surface area contributed by atoms with Crippen molar-refractivity contribution in [2.24, 2.45) is 0 Å². The second-order valence-electron chi connectivity index (χ2n) is 12.1. The summed E-state index contributed by atoms with van der Waals surface area (Å²) < 4.78 is 18.6. The van der Waals surface area contributed by atoms with Crippen LogP contribution in [0, 0.1) is 0 Å². The molecule has 1 aliphatic heterocycles. The van der Waals surface area contributed by atoms with Crippen LogP contribution in [-0.2, 0) is 32.1 Å². The molecule has 0 aromatic carbocycles. The van der Waals surface area contributed by atoms with E-state index in [1.165, 1.54) is 90.4 Å². The quantitative estimate of drug-likeness (QED) is 0.0998. The number of hydrogen-bond donors (Lipinski definition) is 1. The second kappa shape index (κ2) is 26.2. The van der Waals surface area contributed by atoms with E-state index in [0.29, 0.717) is 19.4 Å². The number of ether oxygens (including phenoxy) is 3. The average Bonchev–Trinajstić information content (AvgIpc) is 3.49. The lowest BCUT2D eigenvalue weighted by Crippen LogP contribution is -3.00. The third-order valence-electron chi connectivity index (χ3n) is 8.33. The predicted molar refractivity (Wildman–Crippen MR) is 172 cm³/mol. The minimum Gasteiger partial charge on any atom is -1.00 e. The van der Waals surface area contributed by atoms with E-state index in [1.807, 2.05) is 35.9 Å². The van der Waals surface area contributed by atoms with Gasteiger partial charge in [0.05, 0.1) is 12.2 Å². The summed E-state index contributed by atoms with van der Waals surface area (Å²) >= 11 is 0. The molecule has 1 fully saturated rings. The molecule has 2 heterocycles. The van der Waals surface area contributed by atoms with Crippen molar-refractivity contribution < 1.29 is 57.1 Å². The number of halogens is 1. The molecule has 9 nitrogen and oxygen atoms in total. The number of pyridine rings is 1. The Morgan fingerprint density at radius 1 is 0.822 bits per heavy atom. The first-order valence-corrected chi connectivity index (χ1v) is 17.4. The Labute approximate surface area is 289 Å².